The molecule has 9 nitrogen and oxygen atoms in total. The van der Waals surface area contributed by atoms with E-state index in [1.807, 2.05) is 0 Å². The highest BCUT2D eigenvalue weighted by Gasteiger charge is 2.28. The number of amides is 1. The fraction of sp³-hybridized carbons (Fsp3) is 0.0476. The lowest BCUT2D eigenvalue weighted by Gasteiger charge is -2.24. The van der Waals surface area contributed by atoms with Gasteiger partial charge in [-0.1, -0.05) is 53.0 Å². The second-order valence-electron chi connectivity index (χ2n) is 6.68. The molecule has 0 radical (unpaired) electrons. The quantitative estimate of drug-likeness (QED) is 0.247. The molecule has 0 heterocycles. The van der Waals surface area contributed by atoms with Crippen LogP contribution >= 0.6 is 34.8 Å². The van der Waals surface area contributed by atoms with E-state index in [0.717, 1.165) is 10.5 Å². The third-order valence-corrected chi connectivity index (χ3v) is 7.04. The predicted octanol–water partition coefficient (Wildman–Crippen LogP) is 4.90. The number of benzene rings is 3. The number of hydrogen-bond acceptors (Lipinski definition) is 6. The Morgan fingerprint density at radius 2 is 1.74 bits per heavy atom. The Morgan fingerprint density at radius 1 is 1.03 bits per heavy atom. The van der Waals surface area contributed by atoms with Crippen LogP contribution in [0.15, 0.2) is 76.7 Å². The molecule has 176 valence electrons. The monoisotopic (exact) mass is 540 g/mol. The standard InChI is InChI=1S/C21H15Cl3N4O5S/c22-15-6-9-20(19(24)11-15)27(34(32,33)17-4-2-1-3-5-17)13-21(29)26-25-12-14-10-16(28(30)31)7-8-18(14)23/h1-12H,13H2,(H,26,29)/b25-12-. The largest absolute Gasteiger partial charge is 0.271 e. The summed E-state index contributed by atoms with van der Waals surface area (Å²) in [5.41, 5.74) is 2.20. The minimum absolute atomic E-state index is 0.0201. The molecular formula is C21H15Cl3N4O5S. The zero-order valence-electron chi connectivity index (χ0n) is 17.1. The van der Waals surface area contributed by atoms with Crippen LogP contribution in [0.4, 0.5) is 11.4 Å². The van der Waals surface area contributed by atoms with Crippen LogP contribution in [0.5, 0.6) is 0 Å². The first-order valence-corrected chi connectivity index (χ1v) is 12.0. The van der Waals surface area contributed by atoms with E-state index in [-0.39, 0.29) is 36.9 Å². The number of nitro benzene ring substituents is 1. The average Bonchev–Trinajstić information content (AvgIpc) is 2.79. The first-order chi connectivity index (χ1) is 16.1. The van der Waals surface area contributed by atoms with Crippen molar-refractivity contribution in [3.8, 4) is 0 Å². The van der Waals surface area contributed by atoms with Crippen LogP contribution in [0.3, 0.4) is 0 Å². The molecule has 0 saturated carbocycles. The highest BCUT2D eigenvalue weighted by Crippen LogP contribution is 2.32. The zero-order chi connectivity index (χ0) is 24.9. The molecule has 0 aromatic heterocycles. The molecule has 0 aliphatic rings. The molecule has 3 rings (SSSR count). The van der Waals surface area contributed by atoms with Gasteiger partial charge >= 0.3 is 0 Å². The number of halogens is 3. The molecule has 0 spiro atoms. The molecule has 0 unspecified atom stereocenters. The average molecular weight is 542 g/mol. The molecular weight excluding hydrogens is 527 g/mol. The Balaban J connectivity index is 1.87. The molecule has 34 heavy (non-hydrogen) atoms. The topological polar surface area (TPSA) is 122 Å². The van der Waals surface area contributed by atoms with E-state index < -0.39 is 27.4 Å². The summed E-state index contributed by atoms with van der Waals surface area (Å²) < 4.78 is 27.4. The maximum Gasteiger partial charge on any atom is 0.270 e. The van der Waals surface area contributed by atoms with Crippen molar-refractivity contribution in [2.24, 2.45) is 5.10 Å². The number of anilines is 1. The fourth-order valence-corrected chi connectivity index (χ4v) is 4.97. The highest BCUT2D eigenvalue weighted by molar-refractivity contribution is 7.92. The number of carbonyl (C=O) groups is 1. The number of sulfonamides is 1. The van der Waals surface area contributed by atoms with E-state index in [9.17, 15) is 23.3 Å². The number of nitrogens with zero attached hydrogens (tertiary/aromatic N) is 3. The highest BCUT2D eigenvalue weighted by atomic mass is 35.5. The first-order valence-electron chi connectivity index (χ1n) is 9.38. The Morgan fingerprint density at radius 3 is 2.38 bits per heavy atom. The summed E-state index contributed by atoms with van der Waals surface area (Å²) in [7, 11) is -4.19. The maximum absolute atomic E-state index is 13.3. The summed E-state index contributed by atoms with van der Waals surface area (Å²) in [5.74, 6) is -0.802. The lowest BCUT2D eigenvalue weighted by atomic mass is 10.2. The van der Waals surface area contributed by atoms with Gasteiger partial charge in [0, 0.05) is 27.7 Å². The molecule has 3 aromatic carbocycles. The van der Waals surface area contributed by atoms with Crippen LogP contribution in [-0.4, -0.2) is 32.0 Å². The number of nitro groups is 1. The second kappa shape index (κ2) is 10.8. The molecule has 13 heteroatoms. The van der Waals surface area contributed by atoms with Crippen LogP contribution in [0, 0.1) is 10.1 Å². The fourth-order valence-electron chi connectivity index (χ4n) is 2.79. The number of carbonyl (C=O) groups excluding carboxylic acids is 1. The van der Waals surface area contributed by atoms with Crippen molar-refractivity contribution in [2.45, 2.75) is 4.90 Å². The molecule has 1 amide bonds. The molecule has 0 fully saturated rings. The molecule has 0 aliphatic heterocycles. The second-order valence-corrected chi connectivity index (χ2v) is 9.79. The number of rotatable bonds is 8. The van der Waals surface area contributed by atoms with E-state index in [1.54, 1.807) is 18.2 Å². The molecule has 0 atom stereocenters. The maximum atomic E-state index is 13.3. The first kappa shape index (κ1) is 25.4. The Bertz CT molecular complexity index is 1370. The molecule has 1 N–H and O–H groups in total. The van der Waals surface area contributed by atoms with Crippen LogP contribution in [0.2, 0.25) is 15.1 Å². The minimum Gasteiger partial charge on any atom is -0.271 e. The van der Waals surface area contributed by atoms with Crippen molar-refractivity contribution in [1.29, 1.82) is 0 Å². The number of nitrogens with one attached hydrogen (secondary N) is 1. The lowest BCUT2D eigenvalue weighted by Crippen LogP contribution is -2.39. The van der Waals surface area contributed by atoms with Crippen LogP contribution in [0.1, 0.15) is 5.56 Å². The van der Waals surface area contributed by atoms with Gasteiger partial charge in [0.15, 0.2) is 0 Å². The Hall–Kier alpha value is -3.18. The minimum atomic E-state index is -4.19. The number of non-ortho nitro benzene ring substituents is 1. The number of hydrazone groups is 1. The van der Waals surface area contributed by atoms with E-state index in [1.165, 1.54) is 48.5 Å². The van der Waals surface area contributed by atoms with Crippen molar-refractivity contribution < 1.29 is 18.1 Å². The molecule has 0 bridgehead atoms. The van der Waals surface area contributed by atoms with Crippen LogP contribution in [0.25, 0.3) is 0 Å². The van der Waals surface area contributed by atoms with Gasteiger partial charge in [-0.15, -0.1) is 0 Å². The molecule has 0 saturated heterocycles. The summed E-state index contributed by atoms with van der Waals surface area (Å²) >= 11 is 18.1. The van der Waals surface area contributed by atoms with Crippen molar-refractivity contribution in [3.05, 3.63) is 97.5 Å². The van der Waals surface area contributed by atoms with E-state index in [4.69, 9.17) is 34.8 Å². The van der Waals surface area contributed by atoms with Crippen LogP contribution in [-0.2, 0) is 14.8 Å². The molecule has 0 aliphatic carbocycles. The van der Waals surface area contributed by atoms with Gasteiger partial charge in [-0.2, -0.15) is 5.10 Å². The zero-order valence-corrected chi connectivity index (χ0v) is 20.1. The van der Waals surface area contributed by atoms with Gasteiger partial charge in [-0.25, -0.2) is 13.8 Å². The summed E-state index contributed by atoms with van der Waals surface area (Å²) in [6.07, 6.45) is 1.11. The van der Waals surface area contributed by atoms with Crippen LogP contribution < -0.4 is 9.73 Å². The normalized spacial score (nSPS) is 11.4. The Kier molecular flexibility index (Phi) is 8.11. The smallest absolute Gasteiger partial charge is 0.270 e. The van der Waals surface area contributed by atoms with Gasteiger partial charge in [0.2, 0.25) is 0 Å². The lowest BCUT2D eigenvalue weighted by molar-refractivity contribution is -0.384. The Labute approximate surface area is 209 Å². The van der Waals surface area contributed by atoms with Crippen molar-refractivity contribution in [1.82, 2.24) is 5.43 Å². The van der Waals surface area contributed by atoms with E-state index in [0.29, 0.717) is 0 Å². The molecule has 3 aromatic rings. The van der Waals surface area contributed by atoms with Gasteiger partial charge in [0.25, 0.3) is 21.6 Å². The van der Waals surface area contributed by atoms with E-state index >= 15 is 0 Å². The summed E-state index contributed by atoms with van der Waals surface area (Å²) in [5, 5.41) is 15.1. The van der Waals surface area contributed by atoms with Gasteiger partial charge in [0.1, 0.15) is 6.54 Å². The van der Waals surface area contributed by atoms with Gasteiger partial charge < -0.3 is 0 Å². The summed E-state index contributed by atoms with van der Waals surface area (Å²) in [6.45, 7) is -0.668. The van der Waals surface area contributed by atoms with Crippen molar-refractivity contribution in [3.63, 3.8) is 0 Å². The summed E-state index contributed by atoms with van der Waals surface area (Å²) in [4.78, 5) is 22.9. The van der Waals surface area contributed by atoms with E-state index in [2.05, 4.69) is 10.5 Å². The third-order valence-electron chi connectivity index (χ3n) is 4.38. The SMILES string of the molecule is O=C(CN(c1ccc(Cl)cc1Cl)S(=O)(=O)c1ccccc1)N/N=C\c1cc([N+](=O)[O-])ccc1Cl. The van der Waals surface area contributed by atoms with Gasteiger partial charge in [0.05, 0.1) is 26.7 Å². The predicted molar refractivity (Wildman–Crippen MR) is 131 cm³/mol. The number of hydrogen-bond donors (Lipinski definition) is 1. The van der Waals surface area contributed by atoms with Gasteiger partial charge in [-0.3, -0.25) is 19.2 Å². The van der Waals surface area contributed by atoms with Gasteiger partial charge in [-0.05, 0) is 36.4 Å². The summed E-state index contributed by atoms with van der Waals surface area (Å²) in [6, 6.07) is 15.4. The van der Waals surface area contributed by atoms with Crippen molar-refractivity contribution in [2.75, 3.05) is 10.8 Å². The third kappa shape index (κ3) is 6.03. The van der Waals surface area contributed by atoms with Crippen molar-refractivity contribution >= 4 is 68.3 Å².